The molecule has 0 aromatic carbocycles. The van der Waals surface area contributed by atoms with E-state index in [9.17, 15) is 0 Å². The van der Waals surface area contributed by atoms with Gasteiger partial charge in [0.25, 0.3) is 0 Å². The first-order chi connectivity index (χ1) is 8.52. The molecular formula is C12H20ClN3O2. The molecule has 0 aliphatic heterocycles. The summed E-state index contributed by atoms with van der Waals surface area (Å²) < 4.78 is 10.5. The zero-order chi connectivity index (χ0) is 13.5. The van der Waals surface area contributed by atoms with Gasteiger partial charge in [-0.2, -0.15) is 0 Å². The van der Waals surface area contributed by atoms with Crippen molar-refractivity contribution in [2.75, 3.05) is 32.2 Å². The van der Waals surface area contributed by atoms with Crippen LogP contribution in [0.15, 0.2) is 12.4 Å². The van der Waals surface area contributed by atoms with Crippen LogP contribution in [-0.2, 0) is 4.74 Å². The van der Waals surface area contributed by atoms with Crippen LogP contribution >= 0.6 is 11.6 Å². The van der Waals surface area contributed by atoms with Crippen molar-refractivity contribution in [1.82, 2.24) is 9.97 Å². The highest BCUT2D eigenvalue weighted by Gasteiger charge is 2.11. The Morgan fingerprint density at radius 1 is 1.39 bits per heavy atom. The first kappa shape index (κ1) is 15.0. The van der Waals surface area contributed by atoms with Gasteiger partial charge in [0.1, 0.15) is 12.1 Å². The van der Waals surface area contributed by atoms with Crippen LogP contribution in [0.25, 0.3) is 0 Å². The van der Waals surface area contributed by atoms with Gasteiger partial charge in [-0.3, -0.25) is 0 Å². The number of ether oxygens (including phenoxy) is 2. The Labute approximate surface area is 113 Å². The van der Waals surface area contributed by atoms with Crippen LogP contribution in [0.3, 0.4) is 0 Å². The lowest BCUT2D eigenvalue weighted by Crippen LogP contribution is -2.29. The molecule has 0 fully saturated rings. The fourth-order valence-corrected chi connectivity index (χ4v) is 1.80. The van der Waals surface area contributed by atoms with E-state index in [-0.39, 0.29) is 11.5 Å². The minimum absolute atomic E-state index is 0.0792. The lowest BCUT2D eigenvalue weighted by molar-refractivity contribution is 0.199. The number of methoxy groups -OCH3 is 1. The Kier molecular flexibility index (Phi) is 6.15. The van der Waals surface area contributed by atoms with Crippen LogP contribution < -0.4 is 9.64 Å². The van der Waals surface area contributed by atoms with Gasteiger partial charge in [0.2, 0.25) is 5.88 Å². The van der Waals surface area contributed by atoms with E-state index < -0.39 is 0 Å². The average Bonchev–Trinajstić information content (AvgIpc) is 2.28. The number of anilines is 1. The topological polar surface area (TPSA) is 47.5 Å². The van der Waals surface area contributed by atoms with Crippen molar-refractivity contribution < 1.29 is 9.47 Å². The molecule has 5 nitrogen and oxygen atoms in total. The molecule has 1 heterocycles. The molecule has 0 amide bonds. The molecule has 102 valence electrons. The summed E-state index contributed by atoms with van der Waals surface area (Å²) in [4.78, 5) is 10.2. The minimum atomic E-state index is -0.0792. The second-order valence-corrected chi connectivity index (χ2v) is 4.93. The second kappa shape index (κ2) is 7.38. The van der Waals surface area contributed by atoms with E-state index >= 15 is 0 Å². The zero-order valence-corrected chi connectivity index (χ0v) is 12.0. The lowest BCUT2D eigenvalue weighted by Gasteiger charge is -2.21. The molecule has 0 spiro atoms. The van der Waals surface area contributed by atoms with E-state index in [0.29, 0.717) is 19.0 Å². The van der Waals surface area contributed by atoms with Gasteiger partial charge in [0, 0.05) is 26.8 Å². The quantitative estimate of drug-likeness (QED) is 0.711. The van der Waals surface area contributed by atoms with Crippen molar-refractivity contribution in [1.29, 1.82) is 0 Å². The van der Waals surface area contributed by atoms with Crippen molar-refractivity contribution in [2.24, 2.45) is 0 Å². The molecule has 0 radical (unpaired) electrons. The summed E-state index contributed by atoms with van der Waals surface area (Å²) >= 11 is 6.11. The normalized spacial score (nSPS) is 12.6. The summed E-state index contributed by atoms with van der Waals surface area (Å²) in [5, 5.41) is -0.0792. The van der Waals surface area contributed by atoms with Crippen LogP contribution in [0.4, 0.5) is 5.82 Å². The predicted molar refractivity (Wildman–Crippen MR) is 72.6 cm³/mol. The summed E-state index contributed by atoms with van der Waals surface area (Å²) in [6.45, 7) is 5.07. The number of hydrogen-bond acceptors (Lipinski definition) is 5. The predicted octanol–water partition coefficient (Wildman–Crippen LogP) is 1.95. The first-order valence-corrected chi connectivity index (χ1v) is 6.29. The maximum atomic E-state index is 6.11. The molecule has 1 rings (SSSR count). The number of halogens is 1. The van der Waals surface area contributed by atoms with Crippen molar-refractivity contribution >= 4 is 17.4 Å². The fourth-order valence-electron chi connectivity index (χ4n) is 1.47. The van der Waals surface area contributed by atoms with E-state index in [4.69, 9.17) is 21.1 Å². The Bertz CT molecular complexity index is 363. The van der Waals surface area contributed by atoms with Crippen LogP contribution in [0.5, 0.6) is 5.88 Å². The van der Waals surface area contributed by atoms with Gasteiger partial charge >= 0.3 is 0 Å². The Balaban J connectivity index is 2.64. The molecule has 1 aromatic heterocycles. The van der Waals surface area contributed by atoms with Gasteiger partial charge in [0.05, 0.1) is 18.1 Å². The molecule has 0 saturated carbocycles. The van der Waals surface area contributed by atoms with Gasteiger partial charge in [0.15, 0.2) is 0 Å². The van der Waals surface area contributed by atoms with Crippen LogP contribution in [0.1, 0.15) is 13.8 Å². The fraction of sp³-hybridized carbons (Fsp3) is 0.667. The number of aromatic nitrogens is 2. The highest BCUT2D eigenvalue weighted by atomic mass is 35.5. The lowest BCUT2D eigenvalue weighted by atomic mass is 10.4. The second-order valence-electron chi connectivity index (χ2n) is 4.31. The Morgan fingerprint density at radius 3 is 2.72 bits per heavy atom. The highest BCUT2D eigenvalue weighted by Crippen LogP contribution is 2.16. The van der Waals surface area contributed by atoms with Crippen molar-refractivity contribution in [3.05, 3.63) is 12.4 Å². The summed E-state index contributed by atoms with van der Waals surface area (Å²) in [6.07, 6.45) is 1.58. The maximum absolute atomic E-state index is 6.11. The SMILES string of the molecule is COCC(Cl)CN(C)c1cc(OC(C)C)ncn1. The van der Waals surface area contributed by atoms with Gasteiger partial charge in [-0.1, -0.05) is 0 Å². The van der Waals surface area contributed by atoms with E-state index in [2.05, 4.69) is 9.97 Å². The van der Waals surface area contributed by atoms with Crippen LogP contribution in [-0.4, -0.2) is 48.8 Å². The minimum Gasteiger partial charge on any atom is -0.475 e. The van der Waals surface area contributed by atoms with Crippen molar-refractivity contribution in [3.8, 4) is 5.88 Å². The molecule has 1 aromatic rings. The Hall–Kier alpha value is -1.07. The number of hydrogen-bond donors (Lipinski definition) is 0. The van der Waals surface area contributed by atoms with Crippen molar-refractivity contribution in [3.63, 3.8) is 0 Å². The molecule has 0 saturated heterocycles. The largest absolute Gasteiger partial charge is 0.475 e. The van der Waals surface area contributed by atoms with Gasteiger partial charge in [-0.25, -0.2) is 9.97 Å². The summed E-state index contributed by atoms with van der Waals surface area (Å²) in [7, 11) is 3.56. The summed E-state index contributed by atoms with van der Waals surface area (Å²) in [5.74, 6) is 1.35. The van der Waals surface area contributed by atoms with E-state index in [1.807, 2.05) is 25.8 Å². The molecule has 0 bridgehead atoms. The highest BCUT2D eigenvalue weighted by molar-refractivity contribution is 6.21. The molecule has 1 atom stereocenters. The third-order valence-corrected chi connectivity index (χ3v) is 2.46. The molecule has 0 aliphatic carbocycles. The van der Waals surface area contributed by atoms with Gasteiger partial charge in [-0.15, -0.1) is 11.6 Å². The number of alkyl halides is 1. The zero-order valence-electron chi connectivity index (χ0n) is 11.3. The monoisotopic (exact) mass is 273 g/mol. The molecule has 0 N–H and O–H groups in total. The summed E-state index contributed by atoms with van der Waals surface area (Å²) in [6, 6.07) is 1.80. The third-order valence-electron chi connectivity index (χ3n) is 2.19. The van der Waals surface area contributed by atoms with Gasteiger partial charge in [-0.05, 0) is 13.8 Å². The smallest absolute Gasteiger partial charge is 0.218 e. The van der Waals surface area contributed by atoms with E-state index in [0.717, 1.165) is 5.82 Å². The number of nitrogens with zero attached hydrogens (tertiary/aromatic N) is 3. The average molecular weight is 274 g/mol. The molecule has 6 heteroatoms. The Morgan fingerprint density at radius 2 is 2.11 bits per heavy atom. The maximum Gasteiger partial charge on any atom is 0.218 e. The third kappa shape index (κ3) is 5.06. The van der Waals surface area contributed by atoms with E-state index in [1.54, 1.807) is 13.2 Å². The first-order valence-electron chi connectivity index (χ1n) is 5.85. The molecular weight excluding hydrogens is 254 g/mol. The van der Waals surface area contributed by atoms with Crippen molar-refractivity contribution in [2.45, 2.75) is 25.3 Å². The number of rotatable bonds is 7. The molecule has 1 unspecified atom stereocenters. The van der Waals surface area contributed by atoms with Gasteiger partial charge < -0.3 is 14.4 Å². The van der Waals surface area contributed by atoms with E-state index in [1.165, 1.54) is 6.33 Å². The van der Waals surface area contributed by atoms with Crippen LogP contribution in [0, 0.1) is 0 Å². The molecule has 18 heavy (non-hydrogen) atoms. The summed E-state index contributed by atoms with van der Waals surface area (Å²) in [5.41, 5.74) is 0. The standard InChI is InChI=1S/C12H20ClN3O2/c1-9(2)18-12-5-11(14-8-15-12)16(3)6-10(13)7-17-4/h5,8-10H,6-7H2,1-4H3. The van der Waals surface area contributed by atoms with Crippen LogP contribution in [0.2, 0.25) is 0 Å². The molecule has 0 aliphatic rings.